The molecule has 1 aromatic rings. The number of anilines is 1. The quantitative estimate of drug-likeness (QED) is 0.273. The van der Waals surface area contributed by atoms with Crippen molar-refractivity contribution in [1.29, 1.82) is 0 Å². The van der Waals surface area contributed by atoms with Crippen molar-refractivity contribution in [3.63, 3.8) is 0 Å². The molecule has 1 fully saturated rings. The molecule has 1 N–H and O–H groups in total. The van der Waals surface area contributed by atoms with Crippen LogP contribution in [0.4, 0.5) is 5.69 Å². The lowest BCUT2D eigenvalue weighted by molar-refractivity contribution is 0.112. The molecule has 0 aliphatic carbocycles. The smallest absolute Gasteiger partial charge is 0.150 e. The van der Waals surface area contributed by atoms with Gasteiger partial charge in [-0.3, -0.25) is 9.69 Å². The minimum atomic E-state index is 0.383. The van der Waals surface area contributed by atoms with E-state index in [0.29, 0.717) is 12.0 Å². The van der Waals surface area contributed by atoms with Gasteiger partial charge in [-0.15, -0.1) is 13.2 Å². The lowest BCUT2D eigenvalue weighted by Gasteiger charge is -2.33. The normalized spacial score (nSPS) is 17.2. The lowest BCUT2D eigenvalue weighted by Crippen LogP contribution is -2.41. The van der Waals surface area contributed by atoms with Crippen LogP contribution in [0.1, 0.15) is 68.3 Å². The Kier molecular flexibility index (Phi) is 12.4. The summed E-state index contributed by atoms with van der Waals surface area (Å²) in [5.74, 6) is 0.383. The van der Waals surface area contributed by atoms with Gasteiger partial charge in [0.2, 0.25) is 0 Å². The van der Waals surface area contributed by atoms with E-state index in [4.69, 9.17) is 0 Å². The Hall–Kier alpha value is -1.91. The van der Waals surface area contributed by atoms with Crippen molar-refractivity contribution in [2.45, 2.75) is 64.8 Å². The van der Waals surface area contributed by atoms with Crippen LogP contribution in [0.5, 0.6) is 0 Å². The Labute approximate surface area is 196 Å². The first kappa shape index (κ1) is 26.3. The van der Waals surface area contributed by atoms with Gasteiger partial charge in [-0.25, -0.2) is 0 Å². The van der Waals surface area contributed by atoms with Gasteiger partial charge in [0.1, 0.15) is 6.29 Å². The van der Waals surface area contributed by atoms with Crippen LogP contribution < -0.4 is 10.2 Å². The highest BCUT2D eigenvalue weighted by molar-refractivity contribution is 5.78. The van der Waals surface area contributed by atoms with Crippen LogP contribution in [0.15, 0.2) is 43.5 Å². The Morgan fingerprint density at radius 2 is 2.06 bits per heavy atom. The zero-order valence-corrected chi connectivity index (χ0v) is 20.5. The topological polar surface area (TPSA) is 35.6 Å². The number of aldehydes is 1. The number of rotatable bonds is 16. The minimum absolute atomic E-state index is 0.383. The SMILES string of the molecule is C=CCN(CCC1CCCCN1)CCN(CC(C)C=C)c1cc(C=O)ccc1CCCC. The van der Waals surface area contributed by atoms with Crippen LogP contribution >= 0.6 is 0 Å². The van der Waals surface area contributed by atoms with Gasteiger partial charge in [0.05, 0.1) is 0 Å². The number of hydrogen-bond donors (Lipinski definition) is 1. The Balaban J connectivity index is 2.13. The fraction of sp³-hybridized carbons (Fsp3) is 0.607. The molecule has 0 amide bonds. The summed E-state index contributed by atoms with van der Waals surface area (Å²) in [6.45, 7) is 18.4. The number of carbonyl (C=O) groups is 1. The highest BCUT2D eigenvalue weighted by Gasteiger charge is 2.17. The molecule has 1 aromatic carbocycles. The summed E-state index contributed by atoms with van der Waals surface area (Å²) in [6.07, 6.45) is 13.5. The summed E-state index contributed by atoms with van der Waals surface area (Å²) in [5, 5.41) is 3.67. The van der Waals surface area contributed by atoms with E-state index in [1.807, 2.05) is 18.2 Å². The second-order valence-corrected chi connectivity index (χ2v) is 9.29. The molecule has 4 nitrogen and oxygen atoms in total. The van der Waals surface area contributed by atoms with Crippen molar-refractivity contribution in [3.05, 3.63) is 54.6 Å². The molecule has 0 saturated carbocycles. The van der Waals surface area contributed by atoms with E-state index < -0.39 is 0 Å². The maximum Gasteiger partial charge on any atom is 0.150 e. The van der Waals surface area contributed by atoms with Crippen LogP contribution in [-0.4, -0.2) is 56.5 Å². The van der Waals surface area contributed by atoms with E-state index in [2.05, 4.69) is 54.3 Å². The predicted molar refractivity (Wildman–Crippen MR) is 139 cm³/mol. The van der Waals surface area contributed by atoms with Gasteiger partial charge >= 0.3 is 0 Å². The third-order valence-corrected chi connectivity index (χ3v) is 6.58. The second-order valence-electron chi connectivity index (χ2n) is 9.29. The minimum Gasteiger partial charge on any atom is -0.369 e. The van der Waals surface area contributed by atoms with E-state index in [0.717, 1.165) is 64.0 Å². The van der Waals surface area contributed by atoms with E-state index in [1.165, 1.54) is 43.4 Å². The highest BCUT2D eigenvalue weighted by atomic mass is 16.1. The molecule has 0 bridgehead atoms. The van der Waals surface area contributed by atoms with E-state index in [9.17, 15) is 4.79 Å². The summed E-state index contributed by atoms with van der Waals surface area (Å²) < 4.78 is 0. The molecule has 1 aliphatic heterocycles. The van der Waals surface area contributed by atoms with Gasteiger partial charge in [0.25, 0.3) is 0 Å². The van der Waals surface area contributed by atoms with Gasteiger partial charge in [0.15, 0.2) is 0 Å². The molecule has 2 atom stereocenters. The van der Waals surface area contributed by atoms with Crippen LogP contribution in [0.25, 0.3) is 0 Å². The fourth-order valence-electron chi connectivity index (χ4n) is 4.51. The molecule has 0 aromatic heterocycles. The number of benzene rings is 1. The van der Waals surface area contributed by atoms with E-state index in [1.54, 1.807) is 0 Å². The average molecular weight is 440 g/mol. The number of nitrogens with zero attached hydrogens (tertiary/aromatic N) is 2. The first-order chi connectivity index (χ1) is 15.6. The van der Waals surface area contributed by atoms with Crippen LogP contribution in [0.3, 0.4) is 0 Å². The standard InChI is InChI=1S/C28H45N3O/c1-5-8-11-26-14-13-25(23-32)21-28(26)31(22-24(4)7-3)20-19-30(17-6-2)18-15-27-12-9-10-16-29-27/h6-7,13-14,21,23-24,27,29H,2-3,5,8-12,15-20,22H2,1,4H3. The van der Waals surface area contributed by atoms with Crippen molar-refractivity contribution in [2.75, 3.05) is 44.2 Å². The monoisotopic (exact) mass is 439 g/mol. The third-order valence-electron chi connectivity index (χ3n) is 6.58. The molecule has 2 unspecified atom stereocenters. The summed E-state index contributed by atoms with van der Waals surface area (Å²) in [4.78, 5) is 16.5. The number of hydrogen-bond acceptors (Lipinski definition) is 4. The van der Waals surface area contributed by atoms with E-state index >= 15 is 0 Å². The van der Waals surface area contributed by atoms with Gasteiger partial charge in [0, 0.05) is 50.0 Å². The zero-order chi connectivity index (χ0) is 23.2. The van der Waals surface area contributed by atoms with Crippen molar-refractivity contribution < 1.29 is 4.79 Å². The van der Waals surface area contributed by atoms with Crippen LogP contribution in [0, 0.1) is 5.92 Å². The molecule has 0 spiro atoms. The molecule has 1 aliphatic rings. The number of nitrogens with one attached hydrogen (secondary N) is 1. The number of aryl methyl sites for hydroxylation is 1. The Morgan fingerprint density at radius 1 is 1.22 bits per heavy atom. The number of unbranched alkanes of at least 4 members (excludes halogenated alkanes) is 1. The number of carbonyl (C=O) groups excluding carboxylic acids is 1. The largest absolute Gasteiger partial charge is 0.369 e. The fourth-order valence-corrected chi connectivity index (χ4v) is 4.51. The summed E-state index contributed by atoms with van der Waals surface area (Å²) >= 11 is 0. The Morgan fingerprint density at radius 3 is 2.72 bits per heavy atom. The predicted octanol–water partition coefficient (Wildman–Crippen LogP) is 5.49. The van der Waals surface area contributed by atoms with Crippen molar-refractivity contribution in [3.8, 4) is 0 Å². The molecule has 4 heteroatoms. The summed E-state index contributed by atoms with van der Waals surface area (Å²) in [6, 6.07) is 6.84. The molecule has 32 heavy (non-hydrogen) atoms. The first-order valence-corrected chi connectivity index (χ1v) is 12.6. The van der Waals surface area contributed by atoms with Crippen molar-refractivity contribution >= 4 is 12.0 Å². The van der Waals surface area contributed by atoms with Gasteiger partial charge in [-0.05, 0) is 56.2 Å². The summed E-state index contributed by atoms with van der Waals surface area (Å²) in [5.41, 5.74) is 3.31. The lowest BCUT2D eigenvalue weighted by atomic mass is 10.0. The van der Waals surface area contributed by atoms with Crippen molar-refractivity contribution in [1.82, 2.24) is 10.2 Å². The number of piperidine rings is 1. The van der Waals surface area contributed by atoms with Gasteiger partial charge in [-0.2, -0.15) is 0 Å². The third kappa shape index (κ3) is 8.91. The molecule has 1 heterocycles. The van der Waals surface area contributed by atoms with Crippen molar-refractivity contribution in [2.24, 2.45) is 5.92 Å². The molecule has 178 valence electrons. The first-order valence-electron chi connectivity index (χ1n) is 12.6. The van der Waals surface area contributed by atoms with Gasteiger partial charge in [-0.1, -0.05) is 51.0 Å². The molecular formula is C28H45N3O. The molecule has 1 saturated heterocycles. The zero-order valence-electron chi connectivity index (χ0n) is 20.5. The second kappa shape index (κ2) is 15.0. The van der Waals surface area contributed by atoms with Crippen LogP contribution in [0.2, 0.25) is 0 Å². The molecular weight excluding hydrogens is 394 g/mol. The van der Waals surface area contributed by atoms with Gasteiger partial charge < -0.3 is 10.2 Å². The maximum absolute atomic E-state index is 11.5. The highest BCUT2D eigenvalue weighted by Crippen LogP contribution is 2.25. The summed E-state index contributed by atoms with van der Waals surface area (Å²) in [7, 11) is 0. The average Bonchev–Trinajstić information content (AvgIpc) is 2.83. The Bertz CT molecular complexity index is 696. The molecule has 0 radical (unpaired) electrons. The molecule has 2 rings (SSSR count). The maximum atomic E-state index is 11.5. The van der Waals surface area contributed by atoms with Crippen LogP contribution in [-0.2, 0) is 6.42 Å². The van der Waals surface area contributed by atoms with E-state index in [-0.39, 0.29) is 0 Å².